The minimum absolute atomic E-state index is 0.434. The van der Waals surface area contributed by atoms with E-state index in [1.54, 1.807) is 0 Å². The van der Waals surface area contributed by atoms with Gasteiger partial charge in [-0.05, 0) is 56.4 Å². The lowest BCUT2D eigenvalue weighted by atomic mass is 9.71. The highest BCUT2D eigenvalue weighted by Crippen LogP contribution is 2.39. The Bertz CT molecular complexity index is 236. The van der Waals surface area contributed by atoms with E-state index in [0.29, 0.717) is 11.5 Å². The molecule has 0 amide bonds. The van der Waals surface area contributed by atoms with Crippen LogP contribution in [0.15, 0.2) is 0 Å². The van der Waals surface area contributed by atoms with Gasteiger partial charge in [0.1, 0.15) is 0 Å². The monoisotopic (exact) mass is 238 g/mol. The smallest absolute Gasteiger partial charge is 0.0168 e. The molecular formula is C15H30N2. The molecule has 2 rings (SSSR count). The summed E-state index contributed by atoms with van der Waals surface area (Å²) < 4.78 is 0. The summed E-state index contributed by atoms with van der Waals surface area (Å²) in [6, 6.07) is 1.27. The summed E-state index contributed by atoms with van der Waals surface area (Å²) in [5.41, 5.74) is 6.59. The van der Waals surface area contributed by atoms with Crippen LogP contribution < -0.4 is 5.73 Å². The van der Waals surface area contributed by atoms with Gasteiger partial charge in [-0.15, -0.1) is 0 Å². The molecule has 2 aliphatic rings. The fourth-order valence-corrected chi connectivity index (χ4v) is 3.68. The molecule has 1 atom stereocenters. The number of nitrogens with zero attached hydrogens (tertiary/aromatic N) is 1. The molecule has 1 aliphatic heterocycles. The Kier molecular flexibility index (Phi) is 4.14. The SMILES string of the molecule is CC(C)(C)C1CCC(N2CCCC(N)C2)CC1. The van der Waals surface area contributed by atoms with Gasteiger partial charge in [0, 0.05) is 18.6 Å². The van der Waals surface area contributed by atoms with Crippen molar-refractivity contribution in [2.75, 3.05) is 13.1 Å². The summed E-state index contributed by atoms with van der Waals surface area (Å²) in [6.45, 7) is 9.63. The summed E-state index contributed by atoms with van der Waals surface area (Å²) in [6.07, 6.45) is 8.16. The second-order valence-corrected chi connectivity index (χ2v) is 7.27. The van der Waals surface area contributed by atoms with Crippen molar-refractivity contribution in [2.24, 2.45) is 17.1 Å². The summed E-state index contributed by atoms with van der Waals surface area (Å²) in [5.74, 6) is 0.928. The summed E-state index contributed by atoms with van der Waals surface area (Å²) in [4.78, 5) is 2.67. The van der Waals surface area contributed by atoms with Gasteiger partial charge in [-0.2, -0.15) is 0 Å². The zero-order chi connectivity index (χ0) is 12.5. The van der Waals surface area contributed by atoms with Crippen LogP contribution in [0, 0.1) is 11.3 Å². The van der Waals surface area contributed by atoms with Crippen molar-refractivity contribution < 1.29 is 0 Å². The average molecular weight is 238 g/mol. The summed E-state index contributed by atoms with van der Waals surface area (Å²) in [7, 11) is 0. The lowest BCUT2D eigenvalue weighted by Crippen LogP contribution is -2.49. The average Bonchev–Trinajstić information content (AvgIpc) is 2.28. The maximum absolute atomic E-state index is 6.09. The van der Waals surface area contributed by atoms with Crippen LogP contribution in [0.2, 0.25) is 0 Å². The van der Waals surface area contributed by atoms with Gasteiger partial charge >= 0.3 is 0 Å². The van der Waals surface area contributed by atoms with Crippen molar-refractivity contribution in [1.29, 1.82) is 0 Å². The van der Waals surface area contributed by atoms with E-state index < -0.39 is 0 Å². The maximum Gasteiger partial charge on any atom is 0.0168 e. The topological polar surface area (TPSA) is 29.3 Å². The lowest BCUT2D eigenvalue weighted by Gasteiger charge is -2.43. The van der Waals surface area contributed by atoms with E-state index >= 15 is 0 Å². The van der Waals surface area contributed by atoms with Crippen LogP contribution in [0.4, 0.5) is 0 Å². The van der Waals surface area contributed by atoms with Crippen LogP contribution in [0.25, 0.3) is 0 Å². The zero-order valence-electron chi connectivity index (χ0n) is 11.9. The van der Waals surface area contributed by atoms with Gasteiger partial charge in [-0.1, -0.05) is 20.8 Å². The summed E-state index contributed by atoms with van der Waals surface area (Å²) in [5, 5.41) is 0. The largest absolute Gasteiger partial charge is 0.327 e. The Morgan fingerprint density at radius 3 is 2.18 bits per heavy atom. The van der Waals surface area contributed by atoms with Crippen LogP contribution >= 0.6 is 0 Å². The number of hydrogen-bond acceptors (Lipinski definition) is 2. The van der Waals surface area contributed by atoms with E-state index in [1.807, 2.05) is 0 Å². The number of hydrogen-bond donors (Lipinski definition) is 1. The van der Waals surface area contributed by atoms with Crippen LogP contribution in [-0.2, 0) is 0 Å². The molecule has 0 bridgehead atoms. The van der Waals surface area contributed by atoms with Gasteiger partial charge in [0.15, 0.2) is 0 Å². The molecule has 17 heavy (non-hydrogen) atoms. The highest BCUT2D eigenvalue weighted by molar-refractivity contribution is 4.87. The molecule has 2 nitrogen and oxygen atoms in total. The van der Waals surface area contributed by atoms with E-state index in [9.17, 15) is 0 Å². The molecule has 1 saturated carbocycles. The van der Waals surface area contributed by atoms with Gasteiger partial charge < -0.3 is 5.73 Å². The molecule has 1 heterocycles. The Labute approximate surface area is 107 Å². The van der Waals surface area contributed by atoms with E-state index in [4.69, 9.17) is 5.73 Å². The molecule has 1 aliphatic carbocycles. The Morgan fingerprint density at radius 2 is 1.65 bits per heavy atom. The quantitative estimate of drug-likeness (QED) is 0.761. The molecule has 2 fully saturated rings. The molecule has 1 unspecified atom stereocenters. The summed E-state index contributed by atoms with van der Waals surface area (Å²) >= 11 is 0. The predicted octanol–water partition coefficient (Wildman–Crippen LogP) is 3.01. The molecular weight excluding hydrogens is 208 g/mol. The van der Waals surface area contributed by atoms with Gasteiger partial charge in [-0.25, -0.2) is 0 Å². The van der Waals surface area contributed by atoms with Crippen LogP contribution in [-0.4, -0.2) is 30.1 Å². The molecule has 0 radical (unpaired) electrons. The van der Waals surface area contributed by atoms with Crippen LogP contribution in [0.1, 0.15) is 59.3 Å². The number of piperidine rings is 1. The predicted molar refractivity (Wildman–Crippen MR) is 74.0 cm³/mol. The van der Waals surface area contributed by atoms with Crippen LogP contribution in [0.3, 0.4) is 0 Å². The molecule has 0 aromatic heterocycles. The first-order valence-corrected chi connectivity index (χ1v) is 7.46. The third-order valence-electron chi connectivity index (χ3n) is 4.93. The molecule has 0 aromatic rings. The molecule has 1 saturated heterocycles. The molecule has 2 heteroatoms. The van der Waals surface area contributed by atoms with E-state index in [0.717, 1.165) is 18.5 Å². The first kappa shape index (κ1) is 13.4. The number of likely N-dealkylation sites (tertiary alicyclic amines) is 1. The van der Waals surface area contributed by atoms with Crippen molar-refractivity contribution in [3.8, 4) is 0 Å². The van der Waals surface area contributed by atoms with Crippen LogP contribution in [0.5, 0.6) is 0 Å². The molecule has 100 valence electrons. The third kappa shape index (κ3) is 3.45. The second-order valence-electron chi connectivity index (χ2n) is 7.27. The zero-order valence-corrected chi connectivity index (χ0v) is 11.9. The number of rotatable bonds is 1. The van der Waals surface area contributed by atoms with Gasteiger partial charge in [0.05, 0.1) is 0 Å². The second kappa shape index (κ2) is 5.27. The molecule has 0 spiro atoms. The number of nitrogens with two attached hydrogens (primary N) is 1. The lowest BCUT2D eigenvalue weighted by molar-refractivity contribution is 0.0773. The van der Waals surface area contributed by atoms with Gasteiger partial charge in [0.25, 0.3) is 0 Å². The first-order chi connectivity index (χ1) is 7.97. The van der Waals surface area contributed by atoms with E-state index in [1.165, 1.54) is 45.1 Å². The highest BCUT2D eigenvalue weighted by atomic mass is 15.2. The fraction of sp³-hybridized carbons (Fsp3) is 1.00. The normalized spacial score (nSPS) is 37.1. The van der Waals surface area contributed by atoms with E-state index in [2.05, 4.69) is 25.7 Å². The van der Waals surface area contributed by atoms with Crippen molar-refractivity contribution in [3.05, 3.63) is 0 Å². The van der Waals surface area contributed by atoms with Crippen molar-refractivity contribution >= 4 is 0 Å². The van der Waals surface area contributed by atoms with Crippen molar-refractivity contribution in [3.63, 3.8) is 0 Å². The minimum Gasteiger partial charge on any atom is -0.327 e. The van der Waals surface area contributed by atoms with Crippen molar-refractivity contribution in [2.45, 2.75) is 71.4 Å². The fourth-order valence-electron chi connectivity index (χ4n) is 3.68. The Hall–Kier alpha value is -0.0800. The van der Waals surface area contributed by atoms with E-state index in [-0.39, 0.29) is 0 Å². The Balaban J connectivity index is 1.82. The maximum atomic E-state index is 6.09. The standard InChI is InChI=1S/C15H30N2/c1-15(2,3)12-6-8-14(9-7-12)17-10-4-5-13(16)11-17/h12-14H,4-11,16H2,1-3H3. The third-order valence-corrected chi connectivity index (χ3v) is 4.93. The van der Waals surface area contributed by atoms with Crippen molar-refractivity contribution in [1.82, 2.24) is 4.90 Å². The molecule has 2 N–H and O–H groups in total. The minimum atomic E-state index is 0.434. The first-order valence-electron chi connectivity index (χ1n) is 7.46. The highest BCUT2D eigenvalue weighted by Gasteiger charge is 2.32. The Morgan fingerprint density at radius 1 is 1.00 bits per heavy atom. The molecule has 0 aromatic carbocycles. The van der Waals surface area contributed by atoms with Gasteiger partial charge in [-0.3, -0.25) is 4.90 Å². The van der Waals surface area contributed by atoms with Gasteiger partial charge in [0.2, 0.25) is 0 Å².